The average Bonchev–Trinajstić information content (AvgIpc) is 2.50. The number of hydrogen-bond acceptors (Lipinski definition) is 1. The van der Waals surface area contributed by atoms with E-state index < -0.39 is 0 Å². The topological polar surface area (TPSA) is 3.24 Å². The third-order valence-corrected chi connectivity index (χ3v) is 1.96. The molecule has 0 N–H and O–H groups in total. The summed E-state index contributed by atoms with van der Waals surface area (Å²) in [5.41, 5.74) is 3.75. The largest absolute Gasteiger partial charge is 0.383 e. The van der Waals surface area contributed by atoms with Crippen LogP contribution in [0, 0.1) is 0 Å². The Kier molecular flexibility index (Phi) is 3.13. The Morgan fingerprint density at radius 2 is 2.23 bits per heavy atom. The van der Waals surface area contributed by atoms with Crippen molar-refractivity contribution in [3.63, 3.8) is 0 Å². The molecule has 0 bridgehead atoms. The lowest BCUT2D eigenvalue weighted by molar-refractivity contribution is 0.559. The van der Waals surface area contributed by atoms with Crippen molar-refractivity contribution in [1.82, 2.24) is 4.90 Å². The summed E-state index contributed by atoms with van der Waals surface area (Å²) in [5, 5.41) is 0. The number of rotatable bonds is 3. The standard InChI is InChI=1S/C12H17N/c1-10(2)12(9-13(3)4)11-7-5-6-8-11/h5-7,9H,1,8H2,2-4H3/b12-9+. The summed E-state index contributed by atoms with van der Waals surface area (Å²) in [6, 6.07) is 0. The Morgan fingerprint density at radius 1 is 1.54 bits per heavy atom. The van der Waals surface area contributed by atoms with Crippen molar-refractivity contribution in [2.45, 2.75) is 13.3 Å². The molecule has 0 saturated carbocycles. The first-order valence-corrected chi connectivity index (χ1v) is 4.51. The molecule has 0 fully saturated rings. The van der Waals surface area contributed by atoms with Gasteiger partial charge in [0, 0.05) is 20.3 Å². The highest BCUT2D eigenvalue weighted by atomic mass is 15.0. The highest BCUT2D eigenvalue weighted by Gasteiger charge is 2.07. The molecule has 1 rings (SSSR count). The van der Waals surface area contributed by atoms with E-state index in [1.54, 1.807) is 0 Å². The maximum atomic E-state index is 3.99. The van der Waals surface area contributed by atoms with Crippen LogP contribution in [-0.4, -0.2) is 19.0 Å². The molecule has 0 atom stereocenters. The molecule has 70 valence electrons. The van der Waals surface area contributed by atoms with Crippen molar-refractivity contribution >= 4 is 0 Å². The van der Waals surface area contributed by atoms with Gasteiger partial charge in [-0.25, -0.2) is 0 Å². The van der Waals surface area contributed by atoms with Crippen LogP contribution in [-0.2, 0) is 0 Å². The molecule has 0 aromatic heterocycles. The van der Waals surface area contributed by atoms with Gasteiger partial charge in [-0.15, -0.1) is 0 Å². The quantitative estimate of drug-likeness (QED) is 0.596. The normalized spacial score (nSPS) is 15.9. The summed E-state index contributed by atoms with van der Waals surface area (Å²) < 4.78 is 0. The van der Waals surface area contributed by atoms with Crippen molar-refractivity contribution in [3.8, 4) is 0 Å². The van der Waals surface area contributed by atoms with E-state index >= 15 is 0 Å². The summed E-state index contributed by atoms with van der Waals surface area (Å²) >= 11 is 0. The van der Waals surface area contributed by atoms with Gasteiger partial charge in [0.05, 0.1) is 0 Å². The molecule has 0 aromatic carbocycles. The maximum Gasteiger partial charge on any atom is 0.00640 e. The van der Waals surface area contributed by atoms with Crippen LogP contribution in [0.3, 0.4) is 0 Å². The van der Waals surface area contributed by atoms with E-state index in [4.69, 9.17) is 0 Å². The molecular formula is C12H17N. The van der Waals surface area contributed by atoms with Gasteiger partial charge in [0.25, 0.3) is 0 Å². The molecule has 1 aliphatic rings. The average molecular weight is 175 g/mol. The van der Waals surface area contributed by atoms with Crippen LogP contribution in [0.4, 0.5) is 0 Å². The summed E-state index contributed by atoms with van der Waals surface area (Å²) in [6.45, 7) is 6.04. The highest BCUT2D eigenvalue weighted by molar-refractivity contribution is 5.48. The van der Waals surface area contributed by atoms with E-state index in [2.05, 4.69) is 42.8 Å². The van der Waals surface area contributed by atoms with Gasteiger partial charge in [0.2, 0.25) is 0 Å². The monoisotopic (exact) mass is 175 g/mol. The fourth-order valence-corrected chi connectivity index (χ4v) is 1.37. The molecule has 0 aromatic rings. The van der Waals surface area contributed by atoms with Crippen molar-refractivity contribution in [2.24, 2.45) is 0 Å². The van der Waals surface area contributed by atoms with Crippen LogP contribution in [0.2, 0.25) is 0 Å². The molecule has 1 aliphatic carbocycles. The van der Waals surface area contributed by atoms with E-state index in [-0.39, 0.29) is 0 Å². The number of nitrogens with zero attached hydrogens (tertiary/aromatic N) is 1. The summed E-state index contributed by atoms with van der Waals surface area (Å²) in [4.78, 5) is 2.06. The Labute approximate surface area is 80.7 Å². The van der Waals surface area contributed by atoms with Gasteiger partial charge in [-0.2, -0.15) is 0 Å². The van der Waals surface area contributed by atoms with Crippen LogP contribution < -0.4 is 0 Å². The fourth-order valence-electron chi connectivity index (χ4n) is 1.37. The molecule has 0 amide bonds. The summed E-state index contributed by atoms with van der Waals surface area (Å²) in [7, 11) is 4.07. The Morgan fingerprint density at radius 3 is 2.62 bits per heavy atom. The van der Waals surface area contributed by atoms with E-state index in [0.717, 1.165) is 12.0 Å². The second-order valence-electron chi connectivity index (χ2n) is 3.61. The predicted molar refractivity (Wildman–Crippen MR) is 58.4 cm³/mol. The second-order valence-corrected chi connectivity index (χ2v) is 3.61. The smallest absolute Gasteiger partial charge is 0.00640 e. The molecule has 0 radical (unpaired) electrons. The molecule has 0 saturated heterocycles. The van der Waals surface area contributed by atoms with Gasteiger partial charge < -0.3 is 4.90 Å². The maximum absolute atomic E-state index is 3.99. The molecular weight excluding hydrogens is 158 g/mol. The molecule has 0 spiro atoms. The predicted octanol–water partition coefficient (Wildman–Crippen LogP) is 2.89. The van der Waals surface area contributed by atoms with Crippen LogP contribution in [0.5, 0.6) is 0 Å². The number of hydrogen-bond donors (Lipinski definition) is 0. The van der Waals surface area contributed by atoms with Crippen molar-refractivity contribution in [2.75, 3.05) is 14.1 Å². The Bertz CT molecular complexity index is 290. The highest BCUT2D eigenvalue weighted by Crippen LogP contribution is 2.24. The zero-order chi connectivity index (χ0) is 9.84. The lowest BCUT2D eigenvalue weighted by Gasteiger charge is -2.12. The van der Waals surface area contributed by atoms with Crippen molar-refractivity contribution < 1.29 is 0 Å². The van der Waals surface area contributed by atoms with Gasteiger partial charge >= 0.3 is 0 Å². The zero-order valence-electron chi connectivity index (χ0n) is 8.67. The van der Waals surface area contributed by atoms with Gasteiger partial charge in [0.1, 0.15) is 0 Å². The minimum absolute atomic E-state index is 1.03. The molecule has 1 nitrogen and oxygen atoms in total. The minimum atomic E-state index is 1.03. The van der Waals surface area contributed by atoms with Crippen LogP contribution in [0.1, 0.15) is 13.3 Å². The lowest BCUT2D eigenvalue weighted by Crippen LogP contribution is -2.04. The van der Waals surface area contributed by atoms with Crippen molar-refractivity contribution in [1.29, 1.82) is 0 Å². The second kappa shape index (κ2) is 4.13. The SMILES string of the molecule is C=C(C)/C(=C\N(C)C)C1=CC=CC1. The number of allylic oxidation sites excluding steroid dienone is 6. The first kappa shape index (κ1) is 9.85. The summed E-state index contributed by atoms with van der Waals surface area (Å²) in [6.07, 6.45) is 9.58. The molecule has 13 heavy (non-hydrogen) atoms. The molecule has 0 unspecified atom stereocenters. The first-order chi connectivity index (χ1) is 6.11. The van der Waals surface area contributed by atoms with E-state index in [9.17, 15) is 0 Å². The Hall–Kier alpha value is -1.24. The summed E-state index contributed by atoms with van der Waals surface area (Å²) in [5.74, 6) is 0. The van der Waals surface area contributed by atoms with Crippen LogP contribution in [0.25, 0.3) is 0 Å². The van der Waals surface area contributed by atoms with Gasteiger partial charge in [-0.3, -0.25) is 0 Å². The first-order valence-electron chi connectivity index (χ1n) is 4.51. The molecule has 0 aliphatic heterocycles. The lowest BCUT2D eigenvalue weighted by atomic mass is 10.0. The molecule has 0 heterocycles. The Balaban J connectivity index is 2.87. The van der Waals surface area contributed by atoms with Crippen molar-refractivity contribution in [3.05, 3.63) is 47.7 Å². The van der Waals surface area contributed by atoms with E-state index in [0.29, 0.717) is 0 Å². The third-order valence-electron chi connectivity index (χ3n) is 1.96. The van der Waals surface area contributed by atoms with Gasteiger partial charge in [0.15, 0.2) is 0 Å². The molecule has 1 heteroatoms. The van der Waals surface area contributed by atoms with Crippen LogP contribution >= 0.6 is 0 Å². The fraction of sp³-hybridized carbons (Fsp3) is 0.333. The van der Waals surface area contributed by atoms with Gasteiger partial charge in [-0.1, -0.05) is 24.8 Å². The van der Waals surface area contributed by atoms with E-state index in [1.165, 1.54) is 11.1 Å². The van der Waals surface area contributed by atoms with E-state index in [1.807, 2.05) is 14.1 Å². The third kappa shape index (κ3) is 2.62. The zero-order valence-corrected chi connectivity index (χ0v) is 8.67. The minimum Gasteiger partial charge on any atom is -0.383 e. The van der Waals surface area contributed by atoms with Crippen LogP contribution in [0.15, 0.2) is 47.7 Å². The van der Waals surface area contributed by atoms with Gasteiger partial charge in [-0.05, 0) is 30.1 Å².